The van der Waals surface area contributed by atoms with Crippen LogP contribution in [-0.2, 0) is 11.2 Å². The van der Waals surface area contributed by atoms with Gasteiger partial charge in [0.15, 0.2) is 0 Å². The van der Waals surface area contributed by atoms with Gasteiger partial charge in [-0.05, 0) is 0 Å². The standard InChI is InChI=1S/C27H36F2N6O.In/c1-18(36)34-11-7-25(33-22-5-8-32-9-6-22)21(16-34)17-35-10-3-4-19-12-23(20(14-30)15-31-2)24(27(28)29)13-26(19)35;/h12-15,22,27,32-33H,3-11,16,30H2,1-2H3;/b20-14+,31-15?;. The van der Waals surface area contributed by atoms with Crippen molar-refractivity contribution in [3.8, 4) is 0 Å². The summed E-state index contributed by atoms with van der Waals surface area (Å²) < 4.78 is 29.7. The zero-order chi connectivity index (χ0) is 26.5. The normalized spacial score (nSPS) is 19.5. The molecule has 3 aliphatic heterocycles. The number of hydrogen-bond donors (Lipinski definition) is 3. The Labute approximate surface area is 232 Å². The molecule has 1 radical (unpaired) electrons. The molecule has 37 heavy (non-hydrogen) atoms. The zero-order valence-corrected chi connectivity index (χ0v) is 25.0. The summed E-state index contributed by atoms with van der Waals surface area (Å²) in [6, 6.07) is 3.92. The molecule has 0 saturated carbocycles. The number of nitrogens with two attached hydrogens (primary N) is 1. The molecule has 0 unspecified atom stereocenters. The van der Waals surface area contributed by atoms with Gasteiger partial charge < -0.3 is 0 Å². The van der Waals surface area contributed by atoms with Crippen LogP contribution in [0.15, 0.2) is 34.6 Å². The van der Waals surface area contributed by atoms with E-state index in [0.717, 1.165) is 95.8 Å². The maximum atomic E-state index is 14.3. The van der Waals surface area contributed by atoms with Gasteiger partial charge >= 0.3 is 233 Å². The second-order valence-corrected chi connectivity index (χ2v) is 11.4. The van der Waals surface area contributed by atoms with Gasteiger partial charge in [-0.15, -0.1) is 0 Å². The van der Waals surface area contributed by atoms with E-state index in [1.807, 2.05) is 11.0 Å². The average Bonchev–Trinajstić information content (AvgIpc) is 2.90. The quantitative estimate of drug-likeness (QED) is 0.412. The van der Waals surface area contributed by atoms with Crippen molar-refractivity contribution >= 4 is 50.7 Å². The van der Waals surface area contributed by atoms with E-state index in [4.69, 9.17) is 5.73 Å². The first-order chi connectivity index (χ1) is 17.8. The molecular formula is C27H36F2InN6O. The topological polar surface area (TPSA) is 86.0 Å². The monoisotopic (exact) mass is 613 g/mol. The molecule has 7 nitrogen and oxygen atoms in total. The first-order valence-corrected chi connectivity index (χ1v) is 14.6. The Hall–Kier alpha value is -2.20. The third-order valence-electron chi connectivity index (χ3n) is 7.47. The van der Waals surface area contributed by atoms with Crippen LogP contribution in [0.3, 0.4) is 0 Å². The summed E-state index contributed by atoms with van der Waals surface area (Å²) >= 11 is 0.813. The van der Waals surface area contributed by atoms with Crippen LogP contribution in [0.4, 0.5) is 14.5 Å². The average molecular weight is 613 g/mol. The number of carbonyl (C=O) groups is 1. The number of aliphatic imine (C=N–C) groups is 1. The van der Waals surface area contributed by atoms with Crippen molar-refractivity contribution in [3.05, 3.63) is 46.3 Å². The van der Waals surface area contributed by atoms with Crippen LogP contribution in [0.1, 0.15) is 55.7 Å². The Morgan fingerprint density at radius 1 is 1.27 bits per heavy atom. The summed E-state index contributed by atoms with van der Waals surface area (Å²) in [5.74, 6) is 0.0641. The maximum absolute atomic E-state index is 14.3. The molecule has 3 heterocycles. The number of anilines is 1. The summed E-state index contributed by atoms with van der Waals surface area (Å²) in [5, 5.41) is 7.22. The van der Waals surface area contributed by atoms with E-state index in [2.05, 4.69) is 20.5 Å². The van der Waals surface area contributed by atoms with Gasteiger partial charge in [-0.2, -0.15) is 0 Å². The van der Waals surface area contributed by atoms with Crippen LogP contribution in [0.2, 0.25) is 0 Å². The first-order valence-electron chi connectivity index (χ1n) is 13.0. The number of aryl methyl sites for hydroxylation is 1. The molecule has 1 amide bonds. The Balaban J connectivity index is 1.73. The Bertz CT molecular complexity index is 1130. The second kappa shape index (κ2) is 12.6. The van der Waals surface area contributed by atoms with Gasteiger partial charge in [0.1, 0.15) is 0 Å². The van der Waals surface area contributed by atoms with Crippen molar-refractivity contribution in [3.63, 3.8) is 0 Å². The van der Waals surface area contributed by atoms with Crippen molar-refractivity contribution < 1.29 is 13.6 Å². The van der Waals surface area contributed by atoms with E-state index in [1.165, 1.54) is 18.1 Å². The van der Waals surface area contributed by atoms with Crippen molar-refractivity contribution in [1.82, 2.24) is 15.5 Å². The number of alkyl halides is 2. The number of halogens is 2. The van der Waals surface area contributed by atoms with Gasteiger partial charge in [0, 0.05) is 0 Å². The van der Waals surface area contributed by atoms with Gasteiger partial charge in [0.2, 0.25) is 0 Å². The number of rotatable bonds is 7. The van der Waals surface area contributed by atoms with E-state index < -0.39 is 6.43 Å². The summed E-state index contributed by atoms with van der Waals surface area (Å²) in [6.07, 6.45) is 4.88. The molecule has 0 aromatic heterocycles. The van der Waals surface area contributed by atoms with Gasteiger partial charge in [-0.1, -0.05) is 0 Å². The fourth-order valence-corrected chi connectivity index (χ4v) is 7.00. The summed E-state index contributed by atoms with van der Waals surface area (Å²) in [5.41, 5.74) is 10.9. The van der Waals surface area contributed by atoms with E-state index in [-0.39, 0.29) is 11.5 Å². The minimum absolute atomic E-state index is 0.0355. The molecule has 0 atom stereocenters. The molecule has 0 bridgehead atoms. The van der Waals surface area contributed by atoms with Crippen molar-refractivity contribution in [2.24, 2.45) is 10.7 Å². The molecule has 1 saturated heterocycles. The van der Waals surface area contributed by atoms with Gasteiger partial charge in [-0.3, -0.25) is 0 Å². The van der Waals surface area contributed by atoms with Crippen LogP contribution in [0.25, 0.3) is 5.57 Å². The number of piperidine rings is 1. The zero-order valence-electron chi connectivity index (χ0n) is 21.7. The van der Waals surface area contributed by atoms with Gasteiger partial charge in [0.05, 0.1) is 0 Å². The van der Waals surface area contributed by atoms with Crippen LogP contribution in [0, 0.1) is 0 Å². The molecule has 3 aliphatic rings. The Morgan fingerprint density at radius 2 is 2.03 bits per heavy atom. The number of fused-ring (bicyclic) bond motifs is 1. The molecule has 0 spiro atoms. The molecule has 0 aliphatic carbocycles. The van der Waals surface area contributed by atoms with Crippen LogP contribution < -0.4 is 21.3 Å². The third-order valence-corrected chi connectivity index (χ3v) is 9.36. The SMILES string of the molecule is CN=C/C(=C\N)c1cc2c(cc1C(F)F)N([C](=[In])C1=C(NC3CCNCC3)CCN(C(C)=O)C1)CCC2. The minimum atomic E-state index is -2.64. The second-order valence-electron chi connectivity index (χ2n) is 9.83. The molecule has 1 aromatic carbocycles. The number of nitrogens with one attached hydrogen (secondary N) is 2. The molecular weight excluding hydrogens is 577 g/mol. The number of hydrogen-bond acceptors (Lipinski definition) is 6. The molecule has 4 rings (SSSR count). The van der Waals surface area contributed by atoms with E-state index in [0.29, 0.717) is 30.3 Å². The number of carbonyl (C=O) groups excluding carboxylic acids is 1. The first kappa shape index (κ1) is 27.8. The van der Waals surface area contributed by atoms with Crippen LogP contribution in [0.5, 0.6) is 0 Å². The number of benzene rings is 1. The van der Waals surface area contributed by atoms with E-state index in [9.17, 15) is 13.6 Å². The summed E-state index contributed by atoms with van der Waals surface area (Å²) in [7, 11) is 1.60. The number of nitrogens with zero attached hydrogens (tertiary/aromatic N) is 3. The van der Waals surface area contributed by atoms with Crippen LogP contribution >= 0.6 is 0 Å². The van der Waals surface area contributed by atoms with E-state index >= 15 is 0 Å². The molecule has 1 fully saturated rings. The fraction of sp³-hybridized carbons (Fsp3) is 0.519. The molecule has 4 N–H and O–H groups in total. The molecule has 1 aromatic rings. The van der Waals surface area contributed by atoms with Gasteiger partial charge in [-0.25, -0.2) is 0 Å². The van der Waals surface area contributed by atoms with Gasteiger partial charge in [0.25, 0.3) is 0 Å². The Morgan fingerprint density at radius 3 is 2.68 bits per heavy atom. The van der Waals surface area contributed by atoms with Crippen LogP contribution in [-0.4, -0.2) is 90.1 Å². The van der Waals surface area contributed by atoms with Crippen molar-refractivity contribution in [2.75, 3.05) is 44.7 Å². The summed E-state index contributed by atoms with van der Waals surface area (Å²) in [4.78, 5) is 20.4. The molecule has 10 heteroatoms. The van der Waals surface area contributed by atoms with Crippen molar-refractivity contribution in [2.45, 2.75) is 51.5 Å². The summed E-state index contributed by atoms with van der Waals surface area (Å²) in [6.45, 7) is 5.63. The Kier molecular flexibility index (Phi) is 9.45. The van der Waals surface area contributed by atoms with Crippen molar-refractivity contribution in [1.29, 1.82) is 0 Å². The third kappa shape index (κ3) is 6.28. The predicted molar refractivity (Wildman–Crippen MR) is 147 cm³/mol. The number of amides is 1. The molecule has 197 valence electrons. The van der Waals surface area contributed by atoms with E-state index in [1.54, 1.807) is 20.0 Å². The number of allylic oxidation sites excluding steroid dienone is 1. The predicted octanol–water partition coefficient (Wildman–Crippen LogP) is 2.52. The fourth-order valence-electron chi connectivity index (χ4n) is 5.47.